The normalized spacial score (nSPS) is 11.0. The molecule has 0 atom stereocenters. The lowest BCUT2D eigenvalue weighted by Crippen LogP contribution is -2.26. The van der Waals surface area contributed by atoms with Gasteiger partial charge in [-0.3, -0.25) is 4.79 Å². The Bertz CT molecular complexity index is 807. The molecule has 1 aromatic heterocycles. The molecule has 0 bridgehead atoms. The SMILES string of the molecule is CCn1cc(C(=O)ONCI)c(=O)c2cc(F)c(F)c(F)c21. The van der Waals surface area contributed by atoms with Gasteiger partial charge < -0.3 is 9.40 Å². The number of pyridine rings is 1. The van der Waals surface area contributed by atoms with Gasteiger partial charge in [0.25, 0.3) is 0 Å². The Morgan fingerprint density at radius 1 is 1.36 bits per heavy atom. The fourth-order valence-corrected chi connectivity index (χ4v) is 2.16. The number of carbonyl (C=O) groups is 1. The Balaban J connectivity index is 2.78. The van der Waals surface area contributed by atoms with Crippen molar-refractivity contribution < 1.29 is 22.8 Å². The second-order valence-corrected chi connectivity index (χ2v) is 4.97. The number of rotatable bonds is 4. The summed E-state index contributed by atoms with van der Waals surface area (Å²) in [6.45, 7) is 1.74. The maximum atomic E-state index is 13.9. The smallest absolute Gasteiger partial charge is 0.362 e. The van der Waals surface area contributed by atoms with E-state index in [4.69, 9.17) is 0 Å². The van der Waals surface area contributed by atoms with E-state index in [0.717, 1.165) is 10.8 Å². The summed E-state index contributed by atoms with van der Waals surface area (Å²) in [7, 11) is 0. The van der Waals surface area contributed by atoms with Crippen LogP contribution in [-0.4, -0.2) is 15.1 Å². The fraction of sp³-hybridized carbons (Fsp3) is 0.231. The molecule has 22 heavy (non-hydrogen) atoms. The Morgan fingerprint density at radius 3 is 2.64 bits per heavy atom. The van der Waals surface area contributed by atoms with Crippen LogP contribution in [0.3, 0.4) is 0 Å². The van der Waals surface area contributed by atoms with Gasteiger partial charge in [-0.25, -0.2) is 18.0 Å². The zero-order valence-electron chi connectivity index (χ0n) is 11.3. The van der Waals surface area contributed by atoms with Crippen molar-refractivity contribution in [2.45, 2.75) is 13.5 Å². The number of hydrogen-bond donors (Lipinski definition) is 1. The number of hydrogen-bond acceptors (Lipinski definition) is 4. The maximum Gasteiger partial charge on any atom is 0.362 e. The van der Waals surface area contributed by atoms with Gasteiger partial charge in [0.2, 0.25) is 5.43 Å². The van der Waals surface area contributed by atoms with Crippen LogP contribution in [0.4, 0.5) is 13.2 Å². The Hall–Kier alpha value is -1.62. The van der Waals surface area contributed by atoms with Gasteiger partial charge in [-0.1, -0.05) is 22.6 Å². The van der Waals surface area contributed by atoms with Gasteiger partial charge in [0.05, 0.1) is 15.5 Å². The lowest BCUT2D eigenvalue weighted by molar-refractivity contribution is 0.0301. The average molecular weight is 426 g/mol. The number of fused-ring (bicyclic) bond motifs is 1. The molecule has 1 heterocycles. The lowest BCUT2D eigenvalue weighted by Gasteiger charge is -2.12. The van der Waals surface area contributed by atoms with E-state index in [1.54, 1.807) is 6.92 Å². The molecule has 1 N–H and O–H groups in total. The van der Waals surface area contributed by atoms with Gasteiger partial charge in [-0.15, -0.1) is 5.48 Å². The zero-order valence-corrected chi connectivity index (χ0v) is 13.4. The molecule has 2 rings (SSSR count). The molecule has 0 aliphatic rings. The molecule has 0 spiro atoms. The number of carbonyl (C=O) groups excluding carboxylic acids is 1. The van der Waals surface area contributed by atoms with Crippen LogP contribution in [0.15, 0.2) is 17.1 Å². The molecule has 0 unspecified atom stereocenters. The molecular weight excluding hydrogens is 416 g/mol. The Morgan fingerprint density at radius 2 is 2.05 bits per heavy atom. The maximum absolute atomic E-state index is 13.9. The molecule has 0 fully saturated rings. The summed E-state index contributed by atoms with van der Waals surface area (Å²) in [5.41, 5.74) is 0.536. The second-order valence-electron chi connectivity index (χ2n) is 4.21. The summed E-state index contributed by atoms with van der Waals surface area (Å²) in [5, 5.41) is -0.429. The van der Waals surface area contributed by atoms with Gasteiger partial charge >= 0.3 is 5.97 Å². The molecule has 0 aliphatic carbocycles. The van der Waals surface area contributed by atoms with Crippen LogP contribution in [0.25, 0.3) is 10.9 Å². The van der Waals surface area contributed by atoms with Gasteiger partial charge in [0, 0.05) is 12.7 Å². The third-order valence-electron chi connectivity index (χ3n) is 2.98. The van der Waals surface area contributed by atoms with E-state index in [2.05, 4.69) is 10.3 Å². The minimum atomic E-state index is -1.67. The van der Waals surface area contributed by atoms with E-state index in [1.807, 2.05) is 22.6 Å². The highest BCUT2D eigenvalue weighted by Gasteiger charge is 2.22. The Kier molecular flexibility index (Phi) is 5.06. The number of aryl methyl sites for hydroxylation is 1. The van der Waals surface area contributed by atoms with E-state index in [1.165, 1.54) is 0 Å². The molecule has 0 aliphatic heterocycles. The molecule has 2 aromatic rings. The Labute approximate surface area is 136 Å². The summed E-state index contributed by atoms with van der Waals surface area (Å²) >= 11 is 1.88. The number of aromatic nitrogens is 1. The third-order valence-corrected chi connectivity index (χ3v) is 3.29. The quantitative estimate of drug-likeness (QED) is 0.269. The number of nitrogens with zero attached hydrogens (tertiary/aromatic N) is 1. The van der Waals surface area contributed by atoms with Crippen molar-refractivity contribution in [1.82, 2.24) is 10.0 Å². The van der Waals surface area contributed by atoms with Crippen LogP contribution in [-0.2, 0) is 11.4 Å². The van der Waals surface area contributed by atoms with E-state index in [9.17, 15) is 22.8 Å². The number of hydroxylamine groups is 1. The first-order valence-electron chi connectivity index (χ1n) is 6.13. The summed E-state index contributed by atoms with van der Waals surface area (Å²) in [6, 6.07) is 0.574. The fourth-order valence-electron chi connectivity index (χ4n) is 2.01. The van der Waals surface area contributed by atoms with E-state index in [-0.39, 0.29) is 11.1 Å². The number of halogens is 4. The number of alkyl halides is 1. The van der Waals surface area contributed by atoms with Crippen molar-refractivity contribution in [2.75, 3.05) is 4.55 Å². The van der Waals surface area contributed by atoms with Gasteiger partial charge in [0.15, 0.2) is 17.5 Å². The van der Waals surface area contributed by atoms with Crippen molar-refractivity contribution in [3.63, 3.8) is 0 Å². The second kappa shape index (κ2) is 6.65. The molecule has 9 heteroatoms. The van der Waals surface area contributed by atoms with Crippen LogP contribution in [0.1, 0.15) is 17.3 Å². The van der Waals surface area contributed by atoms with Crippen molar-refractivity contribution >= 4 is 39.5 Å². The van der Waals surface area contributed by atoms with Crippen molar-refractivity contribution in [3.8, 4) is 0 Å². The van der Waals surface area contributed by atoms with Crippen LogP contribution in [0, 0.1) is 17.5 Å². The molecule has 1 aromatic carbocycles. The first-order chi connectivity index (χ1) is 10.4. The van der Waals surface area contributed by atoms with Crippen molar-refractivity contribution in [3.05, 3.63) is 45.5 Å². The molecular formula is C13H10F3IN2O3. The largest absolute Gasteiger partial charge is 0.366 e. The van der Waals surface area contributed by atoms with Gasteiger partial charge in [0.1, 0.15) is 5.56 Å². The van der Waals surface area contributed by atoms with Crippen molar-refractivity contribution in [2.24, 2.45) is 0 Å². The van der Waals surface area contributed by atoms with Crippen LogP contribution < -0.4 is 10.9 Å². The molecule has 0 radical (unpaired) electrons. The summed E-state index contributed by atoms with van der Waals surface area (Å²) < 4.78 is 42.1. The lowest BCUT2D eigenvalue weighted by atomic mass is 10.1. The summed E-state index contributed by atoms with van der Waals surface area (Å²) in [5.74, 6) is -5.63. The topological polar surface area (TPSA) is 60.3 Å². The molecule has 0 amide bonds. The third kappa shape index (κ3) is 2.82. The average Bonchev–Trinajstić information content (AvgIpc) is 2.51. The van der Waals surface area contributed by atoms with Crippen molar-refractivity contribution in [1.29, 1.82) is 0 Å². The standard InChI is InChI=1S/C13H10F3IN2O3/c1-2-19-4-7(13(21)22-18-5-17)12(20)6-3-8(14)9(15)10(16)11(6)19/h3-4,18H,2,5H2,1H3. The minimum absolute atomic E-state index is 0.138. The van der Waals surface area contributed by atoms with E-state index >= 15 is 0 Å². The first-order valence-corrected chi connectivity index (χ1v) is 7.65. The van der Waals surface area contributed by atoms with Crippen LogP contribution in [0.5, 0.6) is 0 Å². The highest BCUT2D eigenvalue weighted by Crippen LogP contribution is 2.21. The van der Waals surface area contributed by atoms with Gasteiger partial charge in [-0.05, 0) is 13.0 Å². The molecule has 5 nitrogen and oxygen atoms in total. The molecule has 0 saturated heterocycles. The first kappa shape index (κ1) is 16.7. The monoisotopic (exact) mass is 426 g/mol. The molecule has 118 valence electrons. The summed E-state index contributed by atoms with van der Waals surface area (Å²) in [4.78, 5) is 28.6. The zero-order chi connectivity index (χ0) is 16.4. The van der Waals surface area contributed by atoms with Gasteiger partial charge in [-0.2, -0.15) is 0 Å². The number of benzene rings is 1. The van der Waals surface area contributed by atoms with E-state index in [0.29, 0.717) is 6.07 Å². The predicted molar refractivity (Wildman–Crippen MR) is 81.2 cm³/mol. The van der Waals surface area contributed by atoms with Crippen LogP contribution >= 0.6 is 22.6 Å². The van der Waals surface area contributed by atoms with Crippen LogP contribution in [0.2, 0.25) is 0 Å². The minimum Gasteiger partial charge on any atom is -0.366 e. The predicted octanol–water partition coefficient (Wildman–Crippen LogP) is 2.49. The number of nitrogens with one attached hydrogen (secondary N) is 1. The molecule has 0 saturated carbocycles. The highest BCUT2D eigenvalue weighted by molar-refractivity contribution is 14.1. The summed E-state index contributed by atoms with van der Waals surface area (Å²) in [6.07, 6.45) is 1.06. The van der Waals surface area contributed by atoms with E-state index < -0.39 is 45.3 Å². The highest BCUT2D eigenvalue weighted by atomic mass is 127.